The predicted octanol–water partition coefficient (Wildman–Crippen LogP) is 0.196. The van der Waals surface area contributed by atoms with E-state index in [2.05, 4.69) is 10.6 Å². The Labute approximate surface area is 148 Å². The van der Waals surface area contributed by atoms with E-state index in [0.717, 1.165) is 0 Å². The molecule has 0 saturated carbocycles. The van der Waals surface area contributed by atoms with Crippen molar-refractivity contribution in [1.29, 1.82) is 0 Å². The molecular weight excluding hydrogens is 326 g/mol. The maximum atomic E-state index is 12.2. The molecule has 8 heteroatoms. The first kappa shape index (κ1) is 22.8. The Morgan fingerprint density at radius 2 is 1.32 bits per heavy atom. The van der Waals surface area contributed by atoms with Crippen LogP contribution in [0.4, 0.5) is 0 Å². The second kappa shape index (κ2) is 13.1. The van der Waals surface area contributed by atoms with Gasteiger partial charge in [0.25, 0.3) is 0 Å². The van der Waals surface area contributed by atoms with Crippen LogP contribution in [0.15, 0.2) is 0 Å². The van der Waals surface area contributed by atoms with Gasteiger partial charge in [0.2, 0.25) is 17.7 Å². The maximum absolute atomic E-state index is 12.2. The molecule has 0 aromatic carbocycles. The van der Waals surface area contributed by atoms with Gasteiger partial charge in [-0.05, 0) is 12.8 Å². The fraction of sp³-hybridized carbons (Fsp3) is 0.706. The van der Waals surface area contributed by atoms with Gasteiger partial charge in [-0.25, -0.2) is 0 Å². The second-order valence-corrected chi connectivity index (χ2v) is 5.73. The summed E-state index contributed by atoms with van der Waals surface area (Å²) >= 11 is 0. The van der Waals surface area contributed by atoms with Crippen molar-refractivity contribution in [3.63, 3.8) is 0 Å². The summed E-state index contributed by atoms with van der Waals surface area (Å²) in [6.07, 6.45) is 2.23. The summed E-state index contributed by atoms with van der Waals surface area (Å²) in [6.45, 7) is 1.37. The average Bonchev–Trinajstić information content (AvgIpc) is 2.61. The van der Waals surface area contributed by atoms with Gasteiger partial charge in [-0.2, -0.15) is 0 Å². The zero-order valence-corrected chi connectivity index (χ0v) is 15.4. The molecule has 0 unspecified atom stereocenters. The minimum atomic E-state index is -0.385. The number of hydrogen-bond donors (Lipinski definition) is 2. The Balaban J connectivity index is 4.30. The highest BCUT2D eigenvalue weighted by Crippen LogP contribution is 2.06. The molecule has 0 saturated heterocycles. The summed E-state index contributed by atoms with van der Waals surface area (Å²) in [4.78, 5) is 59.3. The highest BCUT2D eigenvalue weighted by Gasteiger charge is 2.19. The number of likely N-dealkylation sites (N-methyl/N-ethyl adjacent to an activating group) is 1. The smallest absolute Gasteiger partial charge is 0.239 e. The molecule has 142 valence electrons. The third-order valence-corrected chi connectivity index (χ3v) is 3.73. The van der Waals surface area contributed by atoms with Gasteiger partial charge in [-0.1, -0.05) is 6.92 Å². The summed E-state index contributed by atoms with van der Waals surface area (Å²) in [7, 11) is 3.02. The summed E-state index contributed by atoms with van der Waals surface area (Å²) in [6, 6.07) is 0. The van der Waals surface area contributed by atoms with Crippen LogP contribution in [0.3, 0.4) is 0 Å². The van der Waals surface area contributed by atoms with E-state index in [4.69, 9.17) is 0 Å². The molecule has 0 bridgehead atoms. The van der Waals surface area contributed by atoms with Crippen LogP contribution in [0.2, 0.25) is 0 Å². The molecule has 0 rings (SSSR count). The average molecular weight is 355 g/mol. The van der Waals surface area contributed by atoms with E-state index in [-0.39, 0.29) is 61.6 Å². The number of ketones is 2. The molecule has 0 aromatic heterocycles. The predicted molar refractivity (Wildman–Crippen MR) is 92.7 cm³/mol. The molecule has 0 aromatic rings. The number of amides is 3. The van der Waals surface area contributed by atoms with E-state index in [1.807, 2.05) is 0 Å². The molecule has 25 heavy (non-hydrogen) atoms. The van der Waals surface area contributed by atoms with Gasteiger partial charge >= 0.3 is 0 Å². The number of Topliss-reactive ketones (excluding diaryl/α,β-unsaturated/α-hetero) is 2. The Kier molecular flexibility index (Phi) is 11.9. The van der Waals surface area contributed by atoms with Crippen LogP contribution >= 0.6 is 0 Å². The highest BCUT2D eigenvalue weighted by molar-refractivity contribution is 5.91. The Hall–Kier alpha value is -2.25. The fourth-order valence-electron chi connectivity index (χ4n) is 2.07. The van der Waals surface area contributed by atoms with E-state index in [1.165, 1.54) is 11.9 Å². The topological polar surface area (TPSA) is 113 Å². The van der Waals surface area contributed by atoms with Crippen molar-refractivity contribution in [2.75, 3.05) is 27.2 Å². The van der Waals surface area contributed by atoms with Crippen LogP contribution in [0.25, 0.3) is 0 Å². The van der Waals surface area contributed by atoms with Gasteiger partial charge in [0, 0.05) is 46.2 Å². The molecule has 0 aliphatic heterocycles. The first-order valence-electron chi connectivity index (χ1n) is 8.56. The van der Waals surface area contributed by atoms with Crippen LogP contribution in [-0.2, 0) is 24.0 Å². The van der Waals surface area contributed by atoms with E-state index in [1.54, 1.807) is 14.0 Å². The van der Waals surface area contributed by atoms with Crippen LogP contribution in [0.5, 0.6) is 0 Å². The van der Waals surface area contributed by atoms with Crippen LogP contribution in [0, 0.1) is 0 Å². The van der Waals surface area contributed by atoms with Gasteiger partial charge in [0.05, 0.1) is 13.1 Å². The lowest BCUT2D eigenvalue weighted by Crippen LogP contribution is -2.42. The molecule has 0 heterocycles. The SMILES string of the molecule is CCC(=O)CN(CC(=O)NC)C(=O)CCC(=O)CCCCC(=O)NC. The number of carbonyl (C=O) groups is 5. The summed E-state index contributed by atoms with van der Waals surface area (Å²) in [5.74, 6) is -1.01. The summed E-state index contributed by atoms with van der Waals surface area (Å²) in [5, 5.41) is 4.92. The largest absolute Gasteiger partial charge is 0.359 e. The Bertz CT molecular complexity index is 473. The zero-order valence-electron chi connectivity index (χ0n) is 15.4. The molecule has 0 atom stereocenters. The van der Waals surface area contributed by atoms with Crippen LogP contribution in [0.1, 0.15) is 51.9 Å². The Morgan fingerprint density at radius 1 is 0.720 bits per heavy atom. The number of nitrogens with zero attached hydrogens (tertiary/aromatic N) is 1. The summed E-state index contributed by atoms with van der Waals surface area (Å²) < 4.78 is 0. The number of nitrogens with one attached hydrogen (secondary N) is 2. The van der Waals surface area contributed by atoms with E-state index < -0.39 is 0 Å². The first-order chi connectivity index (χ1) is 11.8. The van der Waals surface area contributed by atoms with Crippen LogP contribution in [-0.4, -0.2) is 61.4 Å². The summed E-state index contributed by atoms with van der Waals surface area (Å²) in [5.41, 5.74) is 0. The number of unbranched alkanes of at least 4 members (excludes halogenated alkanes) is 1. The van der Waals surface area contributed by atoms with Gasteiger partial charge in [0.1, 0.15) is 5.78 Å². The van der Waals surface area contributed by atoms with E-state index >= 15 is 0 Å². The van der Waals surface area contributed by atoms with Crippen molar-refractivity contribution in [3.8, 4) is 0 Å². The standard InChI is InChI=1S/C17H29N3O5/c1-4-13(21)11-20(12-16(24)19-3)17(25)10-9-14(22)7-5-6-8-15(23)18-2/h4-12H2,1-3H3,(H,18,23)(H,19,24). The monoisotopic (exact) mass is 355 g/mol. The third-order valence-electron chi connectivity index (χ3n) is 3.73. The Morgan fingerprint density at radius 3 is 1.88 bits per heavy atom. The van der Waals surface area contributed by atoms with Gasteiger partial charge in [-0.3, -0.25) is 24.0 Å². The second-order valence-electron chi connectivity index (χ2n) is 5.73. The van der Waals surface area contributed by atoms with E-state index in [0.29, 0.717) is 25.7 Å². The van der Waals surface area contributed by atoms with Crippen molar-refractivity contribution < 1.29 is 24.0 Å². The minimum absolute atomic E-state index is 0.0255. The number of hydrogen-bond acceptors (Lipinski definition) is 5. The van der Waals surface area contributed by atoms with Crippen molar-refractivity contribution in [2.45, 2.75) is 51.9 Å². The van der Waals surface area contributed by atoms with Crippen molar-refractivity contribution >= 4 is 29.3 Å². The molecule has 0 aliphatic carbocycles. The van der Waals surface area contributed by atoms with Crippen LogP contribution < -0.4 is 10.6 Å². The molecule has 0 aliphatic rings. The van der Waals surface area contributed by atoms with Crippen molar-refractivity contribution in [2.24, 2.45) is 0 Å². The van der Waals surface area contributed by atoms with Gasteiger partial charge < -0.3 is 15.5 Å². The molecule has 0 spiro atoms. The number of carbonyl (C=O) groups excluding carboxylic acids is 5. The highest BCUT2D eigenvalue weighted by atomic mass is 16.2. The lowest BCUT2D eigenvalue weighted by atomic mass is 10.1. The zero-order chi connectivity index (χ0) is 19.2. The third kappa shape index (κ3) is 11.0. The quantitative estimate of drug-likeness (QED) is 0.458. The van der Waals surface area contributed by atoms with E-state index in [9.17, 15) is 24.0 Å². The van der Waals surface area contributed by atoms with Gasteiger partial charge in [0.15, 0.2) is 5.78 Å². The molecule has 3 amide bonds. The molecule has 8 nitrogen and oxygen atoms in total. The number of rotatable bonds is 13. The van der Waals surface area contributed by atoms with Crippen molar-refractivity contribution in [1.82, 2.24) is 15.5 Å². The molecule has 0 radical (unpaired) electrons. The molecule has 2 N–H and O–H groups in total. The molecular formula is C17H29N3O5. The maximum Gasteiger partial charge on any atom is 0.239 e. The van der Waals surface area contributed by atoms with Gasteiger partial charge in [-0.15, -0.1) is 0 Å². The minimum Gasteiger partial charge on any atom is -0.359 e. The van der Waals surface area contributed by atoms with Crippen molar-refractivity contribution in [3.05, 3.63) is 0 Å². The fourth-order valence-corrected chi connectivity index (χ4v) is 2.07. The normalized spacial score (nSPS) is 10.0. The first-order valence-corrected chi connectivity index (χ1v) is 8.56. The molecule has 0 fully saturated rings. The lowest BCUT2D eigenvalue weighted by molar-refractivity contribution is -0.139. The lowest BCUT2D eigenvalue weighted by Gasteiger charge is -2.20.